The first-order valence-corrected chi connectivity index (χ1v) is 8.93. The van der Waals surface area contributed by atoms with Gasteiger partial charge in [0, 0.05) is 42.0 Å². The van der Waals surface area contributed by atoms with E-state index in [0.29, 0.717) is 19.4 Å². The van der Waals surface area contributed by atoms with Crippen molar-refractivity contribution in [2.45, 2.75) is 18.9 Å². The third-order valence-corrected chi connectivity index (χ3v) is 4.33. The highest BCUT2D eigenvalue weighted by molar-refractivity contribution is 7.98. The molecule has 0 saturated carbocycles. The average Bonchev–Trinajstić information content (AvgIpc) is 2.90. The number of benzene rings is 1. The maximum atomic E-state index is 13.1. The number of amides is 2. The van der Waals surface area contributed by atoms with Crippen LogP contribution in [-0.2, 0) is 6.42 Å². The number of aliphatic hydroxyl groups excluding tert-OH is 1. The quantitative estimate of drug-likeness (QED) is 0.596. The van der Waals surface area contributed by atoms with Crippen molar-refractivity contribution in [2.75, 3.05) is 25.2 Å². The number of aliphatic hydroxyl groups is 1. The molecule has 4 N–H and O–H groups in total. The van der Waals surface area contributed by atoms with Gasteiger partial charge in [0.1, 0.15) is 5.82 Å². The Labute approximate surface area is 139 Å². The van der Waals surface area contributed by atoms with Crippen LogP contribution in [0.3, 0.4) is 0 Å². The number of H-pyrrole nitrogens is 1. The second kappa shape index (κ2) is 8.79. The molecule has 23 heavy (non-hydrogen) atoms. The molecule has 126 valence electrons. The number of halogens is 1. The van der Waals surface area contributed by atoms with E-state index in [9.17, 15) is 9.18 Å². The topological polar surface area (TPSA) is 77.2 Å². The van der Waals surface area contributed by atoms with Gasteiger partial charge in [0.25, 0.3) is 0 Å². The van der Waals surface area contributed by atoms with E-state index in [-0.39, 0.29) is 24.5 Å². The highest BCUT2D eigenvalue weighted by Gasteiger charge is 2.11. The molecule has 0 saturated heterocycles. The average molecular weight is 339 g/mol. The Morgan fingerprint density at radius 3 is 3.04 bits per heavy atom. The molecule has 2 aromatic rings. The van der Waals surface area contributed by atoms with Gasteiger partial charge in [-0.3, -0.25) is 0 Å². The van der Waals surface area contributed by atoms with Crippen molar-refractivity contribution in [1.29, 1.82) is 0 Å². The van der Waals surface area contributed by atoms with Gasteiger partial charge in [-0.25, -0.2) is 9.18 Å². The Kier molecular flexibility index (Phi) is 6.73. The highest BCUT2D eigenvalue weighted by atomic mass is 32.2. The summed E-state index contributed by atoms with van der Waals surface area (Å²) in [4.78, 5) is 14.9. The summed E-state index contributed by atoms with van der Waals surface area (Å²) < 4.78 is 13.1. The SMILES string of the molecule is CSCC(CCO)NC(=O)NCCc1c[nH]c2cc(F)ccc12. The Bertz CT molecular complexity index is 641. The van der Waals surface area contributed by atoms with Crippen molar-refractivity contribution in [2.24, 2.45) is 0 Å². The van der Waals surface area contributed by atoms with E-state index in [4.69, 9.17) is 5.11 Å². The van der Waals surface area contributed by atoms with Crippen LogP contribution in [0, 0.1) is 5.82 Å². The Balaban J connectivity index is 1.82. The van der Waals surface area contributed by atoms with Crippen LogP contribution in [0.25, 0.3) is 10.9 Å². The molecule has 0 aliphatic carbocycles. The summed E-state index contributed by atoms with van der Waals surface area (Å²) in [7, 11) is 0. The minimum Gasteiger partial charge on any atom is -0.396 e. The Hall–Kier alpha value is -1.73. The van der Waals surface area contributed by atoms with Crippen LogP contribution >= 0.6 is 11.8 Å². The van der Waals surface area contributed by atoms with Crippen LogP contribution in [0.4, 0.5) is 9.18 Å². The molecule has 1 heterocycles. The number of carbonyl (C=O) groups excluding carboxylic acids is 1. The molecule has 1 atom stereocenters. The van der Waals surface area contributed by atoms with Crippen LogP contribution < -0.4 is 10.6 Å². The number of thioether (sulfide) groups is 1. The summed E-state index contributed by atoms with van der Waals surface area (Å²) in [6.45, 7) is 0.540. The van der Waals surface area contributed by atoms with Gasteiger partial charge in [-0.1, -0.05) is 0 Å². The Morgan fingerprint density at radius 1 is 1.48 bits per heavy atom. The maximum Gasteiger partial charge on any atom is 0.315 e. The zero-order valence-electron chi connectivity index (χ0n) is 13.1. The van der Waals surface area contributed by atoms with Crippen molar-refractivity contribution >= 4 is 28.7 Å². The van der Waals surface area contributed by atoms with E-state index in [1.165, 1.54) is 12.1 Å². The summed E-state index contributed by atoms with van der Waals surface area (Å²) in [5, 5.41) is 15.6. The standard InChI is InChI=1S/C16H22FN3O2S/c1-23-10-13(5-7-21)20-16(22)18-6-4-11-9-19-15-8-12(17)2-3-14(11)15/h2-3,8-9,13,19,21H,4-7,10H2,1H3,(H2,18,20,22). The second-order valence-corrected chi connectivity index (χ2v) is 6.23. The number of hydrogen-bond donors (Lipinski definition) is 4. The lowest BCUT2D eigenvalue weighted by Gasteiger charge is -2.17. The fourth-order valence-electron chi connectivity index (χ4n) is 2.47. The number of aromatic nitrogens is 1. The molecule has 0 spiro atoms. The first kappa shape index (κ1) is 17.6. The zero-order valence-corrected chi connectivity index (χ0v) is 13.9. The molecule has 0 fully saturated rings. The molecular weight excluding hydrogens is 317 g/mol. The summed E-state index contributed by atoms with van der Waals surface area (Å²) in [6, 6.07) is 4.36. The van der Waals surface area contributed by atoms with Crippen molar-refractivity contribution in [3.05, 3.63) is 35.8 Å². The second-order valence-electron chi connectivity index (χ2n) is 5.32. The minimum atomic E-state index is -0.271. The molecule has 0 radical (unpaired) electrons. The first-order chi connectivity index (χ1) is 11.1. The van der Waals surface area contributed by atoms with E-state index >= 15 is 0 Å². The first-order valence-electron chi connectivity index (χ1n) is 7.53. The van der Waals surface area contributed by atoms with Crippen molar-refractivity contribution < 1.29 is 14.3 Å². The van der Waals surface area contributed by atoms with E-state index in [2.05, 4.69) is 15.6 Å². The van der Waals surface area contributed by atoms with Crippen LogP contribution in [-0.4, -0.2) is 47.3 Å². The number of fused-ring (bicyclic) bond motifs is 1. The van der Waals surface area contributed by atoms with Gasteiger partial charge in [0.05, 0.1) is 0 Å². The van der Waals surface area contributed by atoms with E-state index in [0.717, 1.165) is 22.2 Å². The summed E-state index contributed by atoms with van der Waals surface area (Å²) in [5.41, 5.74) is 1.80. The molecule has 5 nitrogen and oxygen atoms in total. The summed E-state index contributed by atoms with van der Waals surface area (Å²) >= 11 is 1.63. The third-order valence-electron chi connectivity index (χ3n) is 3.59. The number of aromatic amines is 1. The molecule has 1 aromatic heterocycles. The minimum absolute atomic E-state index is 0.0361. The van der Waals surface area contributed by atoms with E-state index in [1.807, 2.05) is 12.5 Å². The normalized spacial score (nSPS) is 12.3. The van der Waals surface area contributed by atoms with E-state index in [1.54, 1.807) is 17.8 Å². The fourth-order valence-corrected chi connectivity index (χ4v) is 3.12. The number of nitrogens with one attached hydrogen (secondary N) is 3. The lowest BCUT2D eigenvalue weighted by atomic mass is 10.1. The van der Waals surface area contributed by atoms with Crippen molar-refractivity contribution in [3.8, 4) is 0 Å². The molecule has 0 aliphatic rings. The van der Waals surface area contributed by atoms with E-state index < -0.39 is 0 Å². The monoisotopic (exact) mass is 339 g/mol. The van der Waals surface area contributed by atoms with Gasteiger partial charge in [0.15, 0.2) is 0 Å². The Morgan fingerprint density at radius 2 is 2.30 bits per heavy atom. The molecule has 0 aliphatic heterocycles. The lowest BCUT2D eigenvalue weighted by Crippen LogP contribution is -2.44. The smallest absolute Gasteiger partial charge is 0.315 e. The number of hydrogen-bond acceptors (Lipinski definition) is 3. The lowest BCUT2D eigenvalue weighted by molar-refractivity contribution is 0.231. The maximum absolute atomic E-state index is 13.1. The predicted octanol–water partition coefficient (Wildman–Crippen LogP) is 2.26. The largest absolute Gasteiger partial charge is 0.396 e. The van der Waals surface area contributed by atoms with Crippen LogP contribution in [0.5, 0.6) is 0 Å². The molecule has 2 rings (SSSR count). The predicted molar refractivity (Wildman–Crippen MR) is 92.4 cm³/mol. The third kappa shape index (κ3) is 5.14. The summed E-state index contributed by atoms with van der Waals surface area (Å²) in [5.74, 6) is 0.495. The van der Waals surface area contributed by atoms with Crippen molar-refractivity contribution in [1.82, 2.24) is 15.6 Å². The fraction of sp³-hybridized carbons (Fsp3) is 0.438. The van der Waals surface area contributed by atoms with Crippen LogP contribution in [0.2, 0.25) is 0 Å². The number of urea groups is 1. The van der Waals surface area contributed by atoms with Gasteiger partial charge < -0.3 is 20.7 Å². The molecule has 1 aromatic carbocycles. The van der Waals surface area contributed by atoms with Crippen molar-refractivity contribution in [3.63, 3.8) is 0 Å². The highest BCUT2D eigenvalue weighted by Crippen LogP contribution is 2.19. The molecule has 7 heteroatoms. The molecular formula is C16H22FN3O2S. The van der Waals surface area contributed by atoms with Gasteiger partial charge in [-0.2, -0.15) is 11.8 Å². The number of carbonyl (C=O) groups is 1. The van der Waals surface area contributed by atoms with Gasteiger partial charge in [0.2, 0.25) is 0 Å². The van der Waals surface area contributed by atoms with Gasteiger partial charge in [-0.05, 0) is 42.9 Å². The number of rotatable bonds is 8. The molecule has 1 unspecified atom stereocenters. The van der Waals surface area contributed by atoms with Gasteiger partial charge in [-0.15, -0.1) is 0 Å². The molecule has 2 amide bonds. The zero-order chi connectivity index (χ0) is 16.7. The van der Waals surface area contributed by atoms with Crippen LogP contribution in [0.15, 0.2) is 24.4 Å². The van der Waals surface area contributed by atoms with Crippen LogP contribution in [0.1, 0.15) is 12.0 Å². The molecule has 0 bridgehead atoms. The summed E-state index contributed by atoms with van der Waals surface area (Å²) in [6.07, 6.45) is 5.00. The van der Waals surface area contributed by atoms with Gasteiger partial charge >= 0.3 is 6.03 Å².